The number of ketones is 1. The molecule has 0 fully saturated rings. The van der Waals surface area contributed by atoms with Gasteiger partial charge in [-0.1, -0.05) is 34.8 Å². The highest BCUT2D eigenvalue weighted by atomic mass is 35.6. The summed E-state index contributed by atoms with van der Waals surface area (Å²) in [7, 11) is 0. The van der Waals surface area contributed by atoms with Crippen LogP contribution in [0.5, 0.6) is 0 Å². The van der Waals surface area contributed by atoms with Gasteiger partial charge in [-0.05, 0) is 13.8 Å². The first-order valence-electron chi connectivity index (χ1n) is 2.35. The molecule has 0 aromatic heterocycles. The number of carbonyl (C=O) groups is 2. The lowest BCUT2D eigenvalue weighted by Crippen LogP contribution is -1.69. The summed E-state index contributed by atoms with van der Waals surface area (Å²) in [4.78, 5) is 17.8. The lowest BCUT2D eigenvalue weighted by Gasteiger charge is -1.69. The van der Waals surface area contributed by atoms with E-state index in [0.29, 0.717) is 0 Å². The third-order valence-electron chi connectivity index (χ3n) is 0. The van der Waals surface area contributed by atoms with E-state index in [1.807, 2.05) is 0 Å². The SMILES string of the molecule is CC(C)=O.ClC(Cl)Cl.O.O=CO. The van der Waals surface area contributed by atoms with Crippen molar-refractivity contribution in [3.63, 3.8) is 0 Å². The molecule has 4 nitrogen and oxygen atoms in total. The topological polar surface area (TPSA) is 85.9 Å². The summed E-state index contributed by atoms with van der Waals surface area (Å²) in [6.45, 7) is 2.81. The molecule has 0 saturated heterocycles. The number of hydrogen-bond acceptors (Lipinski definition) is 2. The van der Waals surface area contributed by atoms with Gasteiger partial charge in [0.05, 0.1) is 0 Å². The summed E-state index contributed by atoms with van der Waals surface area (Å²) in [5.74, 6) is 0.167. The Kier molecular flexibility index (Phi) is 42.4. The first-order chi connectivity index (χ1) is 4.88. The molecule has 0 saturated carbocycles. The number of hydrogen-bond donors (Lipinski definition) is 1. The van der Waals surface area contributed by atoms with Crippen molar-refractivity contribution in [2.45, 2.75) is 18.1 Å². The van der Waals surface area contributed by atoms with Crippen LogP contribution < -0.4 is 0 Å². The van der Waals surface area contributed by atoms with E-state index in [-0.39, 0.29) is 17.7 Å². The van der Waals surface area contributed by atoms with Gasteiger partial charge in [-0.3, -0.25) is 4.79 Å². The maximum Gasteiger partial charge on any atom is 0.290 e. The van der Waals surface area contributed by atoms with E-state index in [2.05, 4.69) is 0 Å². The van der Waals surface area contributed by atoms with Crippen LogP contribution >= 0.6 is 34.8 Å². The molecule has 0 rings (SSSR count). The maximum atomic E-state index is 9.44. The van der Waals surface area contributed by atoms with E-state index in [0.717, 1.165) is 0 Å². The van der Waals surface area contributed by atoms with Gasteiger partial charge in [0.2, 0.25) is 0 Å². The molecule has 0 aliphatic carbocycles. The molecule has 0 aromatic rings. The number of alkyl halides is 3. The van der Waals surface area contributed by atoms with Crippen molar-refractivity contribution in [1.82, 2.24) is 0 Å². The minimum atomic E-state index is -0.750. The summed E-state index contributed by atoms with van der Waals surface area (Å²) in [6, 6.07) is 0. The Morgan fingerprint density at radius 3 is 1.33 bits per heavy atom. The molecular weight excluding hydrogens is 230 g/mol. The molecule has 0 heterocycles. The second-order valence-corrected chi connectivity index (χ2v) is 3.24. The number of carboxylic acid groups (broad SMARTS) is 1. The van der Waals surface area contributed by atoms with Crippen molar-refractivity contribution in [2.24, 2.45) is 0 Å². The van der Waals surface area contributed by atoms with Crippen molar-refractivity contribution in [3.8, 4) is 0 Å². The average molecular weight is 241 g/mol. The molecule has 12 heavy (non-hydrogen) atoms. The Balaban J connectivity index is -0.0000000389. The smallest absolute Gasteiger partial charge is 0.290 e. The Morgan fingerprint density at radius 1 is 1.33 bits per heavy atom. The number of Topliss-reactive ketones (excluding diaryl/α,β-unsaturated/α-hetero) is 1. The van der Waals surface area contributed by atoms with Crippen molar-refractivity contribution in [2.75, 3.05) is 0 Å². The molecule has 3 N–H and O–H groups in total. The van der Waals surface area contributed by atoms with Gasteiger partial charge in [-0.2, -0.15) is 0 Å². The van der Waals surface area contributed by atoms with Crippen LogP contribution in [0.2, 0.25) is 0 Å². The third-order valence-corrected chi connectivity index (χ3v) is 0. The fraction of sp³-hybridized carbons (Fsp3) is 0.600. The summed E-state index contributed by atoms with van der Waals surface area (Å²) in [6.07, 6.45) is 0. The Morgan fingerprint density at radius 2 is 1.33 bits per heavy atom. The molecule has 0 aromatic carbocycles. The van der Waals surface area contributed by atoms with Crippen LogP contribution in [0.4, 0.5) is 0 Å². The monoisotopic (exact) mass is 240 g/mol. The standard InChI is InChI=1S/C3H6O.CHCl3.CH2O2.H2O/c1-3(2)4;2-1(3)4;2-1-3;/h1-2H3;1H;1H,(H,2,3);1H2. The molecule has 7 heteroatoms. The third kappa shape index (κ3) is 891000. The normalized spacial score (nSPS) is 6.17. The molecule has 0 radical (unpaired) electrons. The first-order valence-corrected chi connectivity index (χ1v) is 3.66. The van der Waals surface area contributed by atoms with E-state index < -0.39 is 4.30 Å². The van der Waals surface area contributed by atoms with E-state index >= 15 is 0 Å². The van der Waals surface area contributed by atoms with Crippen molar-refractivity contribution in [3.05, 3.63) is 0 Å². The summed E-state index contributed by atoms with van der Waals surface area (Å²) < 4.78 is -0.750. The van der Waals surface area contributed by atoms with Crippen molar-refractivity contribution < 1.29 is 20.2 Å². The quantitative estimate of drug-likeness (QED) is 0.514. The summed E-state index contributed by atoms with van der Waals surface area (Å²) in [5, 5.41) is 6.89. The Labute approximate surface area is 85.7 Å². The highest BCUT2D eigenvalue weighted by Gasteiger charge is 1.78. The van der Waals surface area contributed by atoms with E-state index in [1.165, 1.54) is 13.8 Å². The molecular formula is C5H11Cl3O4. The number of halogens is 3. The second kappa shape index (κ2) is 22.4. The number of carbonyl (C=O) groups excluding carboxylic acids is 1. The molecule has 0 aliphatic rings. The van der Waals surface area contributed by atoms with Crippen LogP contribution in [0.25, 0.3) is 0 Å². The van der Waals surface area contributed by atoms with Crippen molar-refractivity contribution >= 4 is 47.1 Å². The first kappa shape index (κ1) is 22.7. The second-order valence-electron chi connectivity index (χ2n) is 1.26. The fourth-order valence-corrected chi connectivity index (χ4v) is 0. The minimum Gasteiger partial charge on any atom is -0.483 e. The Bertz CT molecular complexity index is 89.9. The van der Waals surface area contributed by atoms with Gasteiger partial charge in [0, 0.05) is 0 Å². The van der Waals surface area contributed by atoms with Crippen LogP contribution in [-0.2, 0) is 9.59 Å². The zero-order valence-corrected chi connectivity index (χ0v) is 8.82. The van der Waals surface area contributed by atoms with Gasteiger partial charge in [0.15, 0.2) is 4.30 Å². The highest BCUT2D eigenvalue weighted by Crippen LogP contribution is 2.03. The van der Waals surface area contributed by atoms with Gasteiger partial charge in [-0.25, -0.2) is 0 Å². The summed E-state index contributed by atoms with van der Waals surface area (Å²) in [5.41, 5.74) is 0. The predicted molar refractivity (Wildman–Crippen MR) is 50.0 cm³/mol. The van der Waals surface area contributed by atoms with Gasteiger partial charge in [0.25, 0.3) is 6.47 Å². The molecule has 76 valence electrons. The lowest BCUT2D eigenvalue weighted by atomic mass is 10.6. The van der Waals surface area contributed by atoms with Gasteiger partial charge >= 0.3 is 0 Å². The average Bonchev–Trinajstić information content (AvgIpc) is 1.60. The van der Waals surface area contributed by atoms with Crippen LogP contribution in [-0.4, -0.2) is 27.1 Å². The van der Waals surface area contributed by atoms with Crippen LogP contribution in [0.15, 0.2) is 0 Å². The number of rotatable bonds is 0. The zero-order valence-electron chi connectivity index (χ0n) is 6.55. The van der Waals surface area contributed by atoms with Crippen molar-refractivity contribution in [1.29, 1.82) is 0 Å². The fourth-order valence-electron chi connectivity index (χ4n) is 0. The zero-order chi connectivity index (χ0) is 9.86. The molecule has 0 atom stereocenters. The predicted octanol–water partition coefficient (Wildman–Crippen LogP) is 1.46. The van der Waals surface area contributed by atoms with Crippen LogP contribution in [0.1, 0.15) is 13.8 Å². The maximum absolute atomic E-state index is 9.44. The molecule has 0 spiro atoms. The molecule has 0 bridgehead atoms. The van der Waals surface area contributed by atoms with E-state index in [9.17, 15) is 4.79 Å². The molecule has 0 amide bonds. The van der Waals surface area contributed by atoms with Crippen LogP contribution in [0, 0.1) is 0 Å². The van der Waals surface area contributed by atoms with Gasteiger partial charge in [0.1, 0.15) is 5.78 Å². The molecule has 0 aliphatic heterocycles. The van der Waals surface area contributed by atoms with E-state index in [4.69, 9.17) is 44.7 Å². The lowest BCUT2D eigenvalue weighted by molar-refractivity contribution is -0.123. The largest absolute Gasteiger partial charge is 0.483 e. The molecule has 0 unspecified atom stereocenters. The highest BCUT2D eigenvalue weighted by molar-refractivity contribution is 6.63. The summed E-state index contributed by atoms with van der Waals surface area (Å²) >= 11 is 14.4. The minimum absolute atomic E-state index is 0. The van der Waals surface area contributed by atoms with Gasteiger partial charge < -0.3 is 15.4 Å². The Hall–Kier alpha value is -0.0300. The van der Waals surface area contributed by atoms with Crippen LogP contribution in [0.3, 0.4) is 0 Å². The van der Waals surface area contributed by atoms with E-state index in [1.54, 1.807) is 0 Å². The van der Waals surface area contributed by atoms with Gasteiger partial charge in [-0.15, -0.1) is 0 Å².